The Hall–Kier alpha value is -0.160. The second kappa shape index (κ2) is 7.21. The Morgan fingerprint density at radius 1 is 1.35 bits per heavy atom. The van der Waals surface area contributed by atoms with Gasteiger partial charge in [0, 0.05) is 32.2 Å². The normalized spacial score (nSPS) is 36.5. The van der Waals surface area contributed by atoms with E-state index in [0.29, 0.717) is 12.6 Å². The van der Waals surface area contributed by atoms with Crippen molar-refractivity contribution in [3.63, 3.8) is 0 Å². The summed E-state index contributed by atoms with van der Waals surface area (Å²) in [6, 6.07) is 0.588. The van der Waals surface area contributed by atoms with Gasteiger partial charge in [0.2, 0.25) is 0 Å². The number of nitrogens with one attached hydrogen (secondary N) is 1. The van der Waals surface area contributed by atoms with E-state index in [4.69, 9.17) is 4.74 Å². The first-order valence-corrected chi connectivity index (χ1v) is 8.27. The van der Waals surface area contributed by atoms with Crippen molar-refractivity contribution in [3.05, 3.63) is 0 Å². The van der Waals surface area contributed by atoms with Crippen LogP contribution in [0.1, 0.15) is 46.5 Å². The summed E-state index contributed by atoms with van der Waals surface area (Å²) < 4.78 is 5.81. The fourth-order valence-corrected chi connectivity index (χ4v) is 3.28. The van der Waals surface area contributed by atoms with Crippen LogP contribution < -0.4 is 5.32 Å². The number of rotatable bonds is 5. The zero-order chi connectivity index (χ0) is 14.6. The first-order chi connectivity index (χ1) is 9.48. The molecule has 0 aromatic heterocycles. The number of morpholine rings is 1. The van der Waals surface area contributed by atoms with Gasteiger partial charge in [-0.05, 0) is 45.4 Å². The van der Waals surface area contributed by atoms with Gasteiger partial charge in [0.1, 0.15) is 0 Å². The van der Waals surface area contributed by atoms with Gasteiger partial charge in [-0.25, -0.2) is 0 Å². The quantitative estimate of drug-likeness (QED) is 0.805. The van der Waals surface area contributed by atoms with Gasteiger partial charge in [0.15, 0.2) is 0 Å². The Morgan fingerprint density at radius 3 is 2.70 bits per heavy atom. The Kier molecular flexibility index (Phi) is 5.84. The average Bonchev–Trinajstić information content (AvgIpc) is 2.43. The first kappa shape index (κ1) is 16.2. The summed E-state index contributed by atoms with van der Waals surface area (Å²) in [5.41, 5.74) is -0.487. The van der Waals surface area contributed by atoms with Gasteiger partial charge >= 0.3 is 0 Å². The van der Waals surface area contributed by atoms with E-state index in [0.717, 1.165) is 57.8 Å². The minimum Gasteiger partial charge on any atom is -0.389 e. The molecule has 1 unspecified atom stereocenters. The van der Waals surface area contributed by atoms with Gasteiger partial charge in [-0.2, -0.15) is 0 Å². The lowest BCUT2D eigenvalue weighted by Gasteiger charge is -2.37. The third-order valence-corrected chi connectivity index (χ3v) is 4.93. The maximum absolute atomic E-state index is 10.5. The molecule has 1 saturated heterocycles. The monoisotopic (exact) mass is 284 g/mol. The largest absolute Gasteiger partial charge is 0.389 e. The molecule has 20 heavy (non-hydrogen) atoms. The van der Waals surface area contributed by atoms with Gasteiger partial charge in [0.25, 0.3) is 0 Å². The lowest BCUT2D eigenvalue weighted by atomic mass is 9.79. The average molecular weight is 284 g/mol. The molecule has 2 fully saturated rings. The van der Waals surface area contributed by atoms with Crippen molar-refractivity contribution in [1.29, 1.82) is 0 Å². The lowest BCUT2D eigenvalue weighted by molar-refractivity contribution is -0.0440. The molecule has 4 nitrogen and oxygen atoms in total. The standard InChI is InChI=1S/C16H32N2O2/c1-13(2)18-8-9-20-15(11-18)10-17-12-16(19)6-4-14(3)5-7-16/h13-15,17,19H,4-12H2,1-3H3. The third kappa shape index (κ3) is 4.69. The minimum absolute atomic E-state index is 0.261. The molecule has 118 valence electrons. The molecular formula is C16H32N2O2. The molecule has 2 aliphatic rings. The van der Waals surface area contributed by atoms with E-state index in [1.807, 2.05) is 0 Å². The van der Waals surface area contributed by atoms with E-state index in [1.54, 1.807) is 0 Å². The highest BCUT2D eigenvalue weighted by Crippen LogP contribution is 2.31. The summed E-state index contributed by atoms with van der Waals surface area (Å²) in [5, 5.41) is 14.0. The molecule has 2 N–H and O–H groups in total. The molecule has 0 amide bonds. The van der Waals surface area contributed by atoms with Crippen LogP contribution in [0.15, 0.2) is 0 Å². The Balaban J connectivity index is 1.67. The van der Waals surface area contributed by atoms with Crippen molar-refractivity contribution in [2.45, 2.75) is 64.2 Å². The fourth-order valence-electron chi connectivity index (χ4n) is 3.28. The smallest absolute Gasteiger partial charge is 0.0826 e. The fraction of sp³-hybridized carbons (Fsp3) is 1.00. The Morgan fingerprint density at radius 2 is 2.05 bits per heavy atom. The van der Waals surface area contributed by atoms with Gasteiger partial charge in [-0.3, -0.25) is 4.90 Å². The Labute approximate surface area is 123 Å². The molecule has 0 aromatic carbocycles. The van der Waals surface area contributed by atoms with Crippen molar-refractivity contribution in [2.24, 2.45) is 5.92 Å². The summed E-state index contributed by atoms with van der Waals surface area (Å²) in [5.74, 6) is 0.775. The van der Waals surface area contributed by atoms with Crippen LogP contribution in [0, 0.1) is 5.92 Å². The van der Waals surface area contributed by atoms with Crippen molar-refractivity contribution in [2.75, 3.05) is 32.8 Å². The van der Waals surface area contributed by atoms with Crippen molar-refractivity contribution >= 4 is 0 Å². The van der Waals surface area contributed by atoms with E-state index in [9.17, 15) is 5.11 Å². The van der Waals surface area contributed by atoms with Crippen LogP contribution >= 0.6 is 0 Å². The minimum atomic E-state index is -0.487. The molecule has 0 aromatic rings. The van der Waals surface area contributed by atoms with Crippen molar-refractivity contribution in [1.82, 2.24) is 10.2 Å². The molecule has 0 spiro atoms. The molecule has 2 rings (SSSR count). The summed E-state index contributed by atoms with van der Waals surface area (Å²) in [6.07, 6.45) is 4.44. The zero-order valence-corrected chi connectivity index (χ0v) is 13.4. The first-order valence-electron chi connectivity index (χ1n) is 8.27. The Bertz CT molecular complexity index is 288. The predicted molar refractivity (Wildman–Crippen MR) is 81.9 cm³/mol. The summed E-state index contributed by atoms with van der Waals surface area (Å²) >= 11 is 0. The van der Waals surface area contributed by atoms with Crippen molar-refractivity contribution < 1.29 is 9.84 Å². The summed E-state index contributed by atoms with van der Waals surface area (Å²) in [6.45, 7) is 11.2. The molecule has 1 aliphatic heterocycles. The SMILES string of the molecule is CC1CCC(O)(CNCC2CN(C(C)C)CCO2)CC1. The zero-order valence-electron chi connectivity index (χ0n) is 13.4. The summed E-state index contributed by atoms with van der Waals surface area (Å²) in [4.78, 5) is 2.47. The van der Waals surface area contributed by atoms with Gasteiger partial charge < -0.3 is 15.2 Å². The lowest BCUT2D eigenvalue weighted by Crippen LogP contribution is -2.51. The number of nitrogens with zero attached hydrogens (tertiary/aromatic N) is 1. The van der Waals surface area contributed by atoms with Crippen LogP contribution in [0.3, 0.4) is 0 Å². The number of hydrogen-bond donors (Lipinski definition) is 2. The second-order valence-electron chi connectivity index (χ2n) is 7.12. The molecule has 0 radical (unpaired) electrons. The maximum atomic E-state index is 10.5. The van der Waals surface area contributed by atoms with E-state index in [-0.39, 0.29) is 6.10 Å². The number of aliphatic hydroxyl groups is 1. The molecule has 1 atom stereocenters. The third-order valence-electron chi connectivity index (χ3n) is 4.93. The molecule has 0 bridgehead atoms. The highest BCUT2D eigenvalue weighted by atomic mass is 16.5. The van der Waals surface area contributed by atoms with Gasteiger partial charge in [-0.15, -0.1) is 0 Å². The molecule has 1 heterocycles. The van der Waals surface area contributed by atoms with Gasteiger partial charge in [-0.1, -0.05) is 6.92 Å². The van der Waals surface area contributed by atoms with Crippen LogP contribution in [-0.4, -0.2) is 60.5 Å². The molecule has 4 heteroatoms. The van der Waals surface area contributed by atoms with Crippen LogP contribution in [0.2, 0.25) is 0 Å². The van der Waals surface area contributed by atoms with E-state index < -0.39 is 5.60 Å². The van der Waals surface area contributed by atoms with Crippen LogP contribution in [0.4, 0.5) is 0 Å². The van der Waals surface area contributed by atoms with E-state index in [1.165, 1.54) is 0 Å². The van der Waals surface area contributed by atoms with Crippen LogP contribution in [-0.2, 0) is 4.74 Å². The highest BCUT2D eigenvalue weighted by molar-refractivity contribution is 4.87. The highest BCUT2D eigenvalue weighted by Gasteiger charge is 2.31. The van der Waals surface area contributed by atoms with E-state index in [2.05, 4.69) is 31.0 Å². The van der Waals surface area contributed by atoms with Crippen LogP contribution in [0.5, 0.6) is 0 Å². The van der Waals surface area contributed by atoms with E-state index >= 15 is 0 Å². The predicted octanol–water partition coefficient (Wildman–Crippen LogP) is 1.63. The number of ether oxygens (including phenoxy) is 1. The topological polar surface area (TPSA) is 44.7 Å². The number of hydrogen-bond acceptors (Lipinski definition) is 4. The summed E-state index contributed by atoms with van der Waals surface area (Å²) in [7, 11) is 0. The van der Waals surface area contributed by atoms with Gasteiger partial charge in [0.05, 0.1) is 18.3 Å². The molecule has 1 aliphatic carbocycles. The van der Waals surface area contributed by atoms with Crippen LogP contribution in [0.25, 0.3) is 0 Å². The maximum Gasteiger partial charge on any atom is 0.0826 e. The second-order valence-corrected chi connectivity index (χ2v) is 7.12. The molecule has 1 saturated carbocycles. The van der Waals surface area contributed by atoms with Crippen molar-refractivity contribution in [3.8, 4) is 0 Å². The molecular weight excluding hydrogens is 252 g/mol.